The molecule has 0 aliphatic carbocycles. The molecule has 0 spiro atoms. The van der Waals surface area contributed by atoms with E-state index >= 15 is 0 Å². The molecule has 0 amide bonds. The van der Waals surface area contributed by atoms with Gasteiger partial charge in [0.15, 0.2) is 0 Å². The maximum atomic E-state index is 9.20. The van der Waals surface area contributed by atoms with E-state index in [0.717, 1.165) is 25.2 Å². The highest BCUT2D eigenvalue weighted by Crippen LogP contribution is 2.32. The number of hydrogen-bond donors (Lipinski definition) is 0. The zero-order chi connectivity index (χ0) is 14.0. The first-order valence-corrected chi connectivity index (χ1v) is 6.94. The van der Waals surface area contributed by atoms with E-state index in [9.17, 15) is 5.26 Å². The van der Waals surface area contributed by atoms with E-state index in [1.165, 1.54) is 5.57 Å². The molecule has 0 radical (unpaired) electrons. The predicted molar refractivity (Wildman–Crippen MR) is 80.5 cm³/mol. The normalized spacial score (nSPS) is 15.9. The number of nitrogens with zero attached hydrogens (tertiary/aromatic N) is 2. The topological polar surface area (TPSA) is 27.0 Å². The van der Waals surface area contributed by atoms with Crippen LogP contribution in [0.4, 0.5) is 5.69 Å². The van der Waals surface area contributed by atoms with Crippen LogP contribution in [0, 0.1) is 16.7 Å². The van der Waals surface area contributed by atoms with Crippen LogP contribution in [-0.4, -0.2) is 13.1 Å². The number of anilines is 1. The van der Waals surface area contributed by atoms with E-state index in [-0.39, 0.29) is 5.41 Å². The van der Waals surface area contributed by atoms with Crippen LogP contribution in [0.2, 0.25) is 5.02 Å². The summed E-state index contributed by atoms with van der Waals surface area (Å²) < 4.78 is 0. The van der Waals surface area contributed by atoms with Gasteiger partial charge in [0.25, 0.3) is 0 Å². The molecule has 1 aliphatic rings. The van der Waals surface area contributed by atoms with Gasteiger partial charge in [0.1, 0.15) is 6.07 Å². The van der Waals surface area contributed by atoms with Crippen molar-refractivity contribution in [2.75, 3.05) is 18.0 Å². The maximum Gasteiger partial charge on any atom is 0.101 e. The molecular weight excluding hydrogens is 256 g/mol. The van der Waals surface area contributed by atoms with Crippen molar-refractivity contribution in [2.24, 2.45) is 5.41 Å². The minimum Gasteiger partial charge on any atom is -0.366 e. The van der Waals surface area contributed by atoms with Crippen LogP contribution in [0.25, 0.3) is 0 Å². The molecule has 2 rings (SSSR count). The van der Waals surface area contributed by atoms with Gasteiger partial charge in [-0.25, -0.2) is 0 Å². The zero-order valence-electron chi connectivity index (χ0n) is 11.7. The van der Waals surface area contributed by atoms with Crippen molar-refractivity contribution >= 4 is 17.3 Å². The summed E-state index contributed by atoms with van der Waals surface area (Å²) in [4.78, 5) is 2.24. The summed E-state index contributed by atoms with van der Waals surface area (Å²) in [7, 11) is 0. The molecule has 2 nitrogen and oxygen atoms in total. The summed E-state index contributed by atoms with van der Waals surface area (Å²) in [6.45, 7) is 8.56. The Morgan fingerprint density at radius 3 is 2.58 bits per heavy atom. The maximum absolute atomic E-state index is 9.20. The van der Waals surface area contributed by atoms with Gasteiger partial charge in [-0.1, -0.05) is 44.0 Å². The molecule has 0 N–H and O–H groups in total. The van der Waals surface area contributed by atoms with Crippen LogP contribution in [0.5, 0.6) is 0 Å². The molecule has 1 heterocycles. The van der Waals surface area contributed by atoms with Crippen molar-refractivity contribution < 1.29 is 0 Å². The fraction of sp³-hybridized carbons (Fsp3) is 0.438. The summed E-state index contributed by atoms with van der Waals surface area (Å²) in [6, 6.07) is 7.75. The van der Waals surface area contributed by atoms with Crippen molar-refractivity contribution in [1.82, 2.24) is 0 Å². The predicted octanol–water partition coefficient (Wildman–Crippen LogP) is 4.39. The van der Waals surface area contributed by atoms with Gasteiger partial charge in [-0.3, -0.25) is 0 Å². The molecule has 0 saturated carbocycles. The second-order valence-electron chi connectivity index (χ2n) is 5.95. The van der Waals surface area contributed by atoms with Crippen LogP contribution >= 0.6 is 11.6 Å². The molecule has 0 unspecified atom stereocenters. The second-order valence-corrected chi connectivity index (χ2v) is 6.39. The van der Waals surface area contributed by atoms with Crippen LogP contribution in [0.15, 0.2) is 29.8 Å². The van der Waals surface area contributed by atoms with Gasteiger partial charge in [0, 0.05) is 18.1 Å². The summed E-state index contributed by atoms with van der Waals surface area (Å²) in [6.07, 6.45) is 3.34. The molecule has 0 saturated heterocycles. The SMILES string of the molecule is CC(C)(C)C1=CCN(c2ccc(Cl)cc2C#N)CC1. The molecule has 1 aliphatic heterocycles. The second kappa shape index (κ2) is 5.27. The lowest BCUT2D eigenvalue weighted by Crippen LogP contribution is -2.31. The minimum absolute atomic E-state index is 0.240. The van der Waals surface area contributed by atoms with E-state index < -0.39 is 0 Å². The van der Waals surface area contributed by atoms with Gasteiger partial charge in [-0.05, 0) is 30.0 Å². The summed E-state index contributed by atoms with van der Waals surface area (Å²) in [5.41, 5.74) is 3.37. The summed E-state index contributed by atoms with van der Waals surface area (Å²) >= 11 is 5.94. The number of benzene rings is 1. The highest BCUT2D eigenvalue weighted by molar-refractivity contribution is 6.30. The third kappa shape index (κ3) is 3.11. The molecule has 19 heavy (non-hydrogen) atoms. The molecule has 0 aromatic heterocycles. The third-order valence-electron chi connectivity index (χ3n) is 3.59. The fourth-order valence-electron chi connectivity index (χ4n) is 2.44. The third-order valence-corrected chi connectivity index (χ3v) is 3.83. The fourth-order valence-corrected chi connectivity index (χ4v) is 2.61. The lowest BCUT2D eigenvalue weighted by atomic mass is 9.83. The van der Waals surface area contributed by atoms with Crippen LogP contribution < -0.4 is 4.90 Å². The average Bonchev–Trinajstić information content (AvgIpc) is 2.37. The lowest BCUT2D eigenvalue weighted by Gasteiger charge is -2.33. The molecule has 1 aromatic carbocycles. The van der Waals surface area contributed by atoms with Gasteiger partial charge in [-0.2, -0.15) is 5.26 Å². The van der Waals surface area contributed by atoms with Crippen LogP contribution in [0.3, 0.4) is 0 Å². The zero-order valence-corrected chi connectivity index (χ0v) is 12.5. The number of hydrogen-bond acceptors (Lipinski definition) is 2. The molecule has 0 fully saturated rings. The van der Waals surface area contributed by atoms with Crippen molar-refractivity contribution in [3.8, 4) is 6.07 Å². The van der Waals surface area contributed by atoms with Crippen molar-refractivity contribution in [1.29, 1.82) is 5.26 Å². The van der Waals surface area contributed by atoms with E-state index in [1.54, 1.807) is 6.07 Å². The van der Waals surface area contributed by atoms with Crippen molar-refractivity contribution in [3.63, 3.8) is 0 Å². The van der Waals surface area contributed by atoms with Gasteiger partial charge < -0.3 is 4.90 Å². The Kier molecular flexibility index (Phi) is 3.87. The minimum atomic E-state index is 0.240. The summed E-state index contributed by atoms with van der Waals surface area (Å²) in [5, 5.41) is 9.82. The van der Waals surface area contributed by atoms with Crippen molar-refractivity contribution in [3.05, 3.63) is 40.4 Å². The highest BCUT2D eigenvalue weighted by atomic mass is 35.5. The van der Waals surface area contributed by atoms with E-state index in [1.807, 2.05) is 12.1 Å². The average molecular weight is 275 g/mol. The van der Waals surface area contributed by atoms with Gasteiger partial charge in [0.2, 0.25) is 0 Å². The van der Waals surface area contributed by atoms with E-state index in [0.29, 0.717) is 10.6 Å². The van der Waals surface area contributed by atoms with E-state index in [2.05, 4.69) is 37.8 Å². The first-order chi connectivity index (χ1) is 8.91. The van der Waals surface area contributed by atoms with Crippen LogP contribution in [0.1, 0.15) is 32.8 Å². The molecule has 0 atom stereocenters. The number of rotatable bonds is 1. The molecule has 100 valence electrons. The smallest absolute Gasteiger partial charge is 0.101 e. The Morgan fingerprint density at radius 2 is 2.05 bits per heavy atom. The van der Waals surface area contributed by atoms with Crippen LogP contribution in [-0.2, 0) is 0 Å². The number of nitriles is 1. The lowest BCUT2D eigenvalue weighted by molar-refractivity contribution is 0.472. The standard InChI is InChI=1S/C16H19ClN2/c1-16(2,3)13-6-8-19(9-7-13)15-5-4-14(17)10-12(15)11-18/h4-6,10H,7-9H2,1-3H3. The molecule has 1 aromatic rings. The molecular formula is C16H19ClN2. The Hall–Kier alpha value is -1.46. The van der Waals surface area contributed by atoms with E-state index in [4.69, 9.17) is 11.6 Å². The molecule has 3 heteroatoms. The van der Waals surface area contributed by atoms with Gasteiger partial charge in [0.05, 0.1) is 11.3 Å². The highest BCUT2D eigenvalue weighted by Gasteiger charge is 2.22. The largest absolute Gasteiger partial charge is 0.366 e. The molecule has 0 bridgehead atoms. The van der Waals surface area contributed by atoms with Gasteiger partial charge in [-0.15, -0.1) is 0 Å². The first kappa shape index (κ1) is 14.0. The Morgan fingerprint density at radius 1 is 1.32 bits per heavy atom. The van der Waals surface area contributed by atoms with Gasteiger partial charge >= 0.3 is 0 Å². The first-order valence-electron chi connectivity index (χ1n) is 6.56. The Bertz CT molecular complexity index is 547. The number of halogens is 1. The Balaban J connectivity index is 2.23. The van der Waals surface area contributed by atoms with Crippen molar-refractivity contribution in [2.45, 2.75) is 27.2 Å². The monoisotopic (exact) mass is 274 g/mol. The Labute approximate surface area is 120 Å². The quantitative estimate of drug-likeness (QED) is 0.710. The summed E-state index contributed by atoms with van der Waals surface area (Å²) in [5.74, 6) is 0.